The van der Waals surface area contributed by atoms with Gasteiger partial charge in [-0.2, -0.15) is 4.39 Å². The van der Waals surface area contributed by atoms with Crippen LogP contribution in [-0.4, -0.2) is 18.7 Å². The highest BCUT2D eigenvalue weighted by atomic mass is 19.1. The quantitative estimate of drug-likeness (QED) is 0.647. The van der Waals surface area contributed by atoms with Crippen molar-refractivity contribution in [2.45, 2.75) is 6.92 Å². The third kappa shape index (κ3) is 1.64. The smallest absolute Gasteiger partial charge is 0.259 e. The van der Waals surface area contributed by atoms with Crippen LogP contribution < -0.4 is 9.47 Å². The SMILES string of the molecule is CCOc1ccnc(F)c1OC. The van der Waals surface area contributed by atoms with E-state index in [9.17, 15) is 4.39 Å². The molecule has 1 rings (SSSR count). The van der Waals surface area contributed by atoms with E-state index in [0.717, 1.165) is 0 Å². The lowest BCUT2D eigenvalue weighted by Crippen LogP contribution is -1.98. The molecule has 1 aromatic rings. The number of rotatable bonds is 3. The zero-order valence-electron chi connectivity index (χ0n) is 7.00. The number of ether oxygens (including phenoxy) is 2. The fourth-order valence-corrected chi connectivity index (χ4v) is 0.860. The minimum absolute atomic E-state index is 0.0550. The Hall–Kier alpha value is -1.32. The molecule has 0 spiro atoms. The molecule has 0 aromatic carbocycles. The molecule has 0 saturated heterocycles. The summed E-state index contributed by atoms with van der Waals surface area (Å²) in [5, 5.41) is 0. The van der Waals surface area contributed by atoms with Crippen LogP contribution in [0, 0.1) is 5.95 Å². The van der Waals surface area contributed by atoms with E-state index in [1.807, 2.05) is 6.92 Å². The maximum absolute atomic E-state index is 12.9. The summed E-state index contributed by atoms with van der Waals surface area (Å²) in [5.74, 6) is -0.213. The topological polar surface area (TPSA) is 31.4 Å². The number of hydrogen-bond acceptors (Lipinski definition) is 3. The van der Waals surface area contributed by atoms with Crippen molar-refractivity contribution >= 4 is 0 Å². The summed E-state index contributed by atoms with van der Waals surface area (Å²) in [6.45, 7) is 2.29. The first kappa shape index (κ1) is 8.77. The lowest BCUT2D eigenvalue weighted by Gasteiger charge is -2.07. The van der Waals surface area contributed by atoms with Gasteiger partial charge in [-0.3, -0.25) is 0 Å². The van der Waals surface area contributed by atoms with Gasteiger partial charge in [0.25, 0.3) is 5.95 Å². The fourth-order valence-electron chi connectivity index (χ4n) is 0.860. The summed E-state index contributed by atoms with van der Waals surface area (Å²) < 4.78 is 22.7. The molecular formula is C8H10FNO2. The molecule has 0 atom stereocenters. The van der Waals surface area contributed by atoms with Gasteiger partial charge in [-0.1, -0.05) is 0 Å². The van der Waals surface area contributed by atoms with Gasteiger partial charge in [0.15, 0.2) is 5.75 Å². The number of methoxy groups -OCH3 is 1. The van der Waals surface area contributed by atoms with Crippen molar-refractivity contribution in [3.63, 3.8) is 0 Å². The second kappa shape index (κ2) is 3.90. The first-order valence-electron chi connectivity index (χ1n) is 3.61. The second-order valence-electron chi connectivity index (χ2n) is 2.07. The van der Waals surface area contributed by atoms with Crippen LogP contribution in [0.1, 0.15) is 6.92 Å². The molecule has 0 bridgehead atoms. The van der Waals surface area contributed by atoms with Crippen molar-refractivity contribution in [2.75, 3.05) is 13.7 Å². The van der Waals surface area contributed by atoms with Gasteiger partial charge in [-0.25, -0.2) is 4.98 Å². The molecule has 66 valence electrons. The highest BCUT2D eigenvalue weighted by molar-refractivity contribution is 5.37. The first-order valence-corrected chi connectivity index (χ1v) is 3.61. The van der Waals surface area contributed by atoms with Crippen LogP contribution in [0.3, 0.4) is 0 Å². The van der Waals surface area contributed by atoms with Crippen molar-refractivity contribution in [2.24, 2.45) is 0 Å². The normalized spacial score (nSPS) is 9.58. The summed E-state index contributed by atoms with van der Waals surface area (Å²) in [4.78, 5) is 3.42. The van der Waals surface area contributed by atoms with E-state index in [2.05, 4.69) is 4.98 Å². The third-order valence-electron chi connectivity index (χ3n) is 1.33. The molecule has 0 aliphatic heterocycles. The molecule has 0 saturated carbocycles. The monoisotopic (exact) mass is 171 g/mol. The number of pyridine rings is 1. The molecule has 1 heterocycles. The summed E-state index contributed by atoms with van der Waals surface area (Å²) in [6, 6.07) is 1.56. The van der Waals surface area contributed by atoms with E-state index < -0.39 is 5.95 Å². The van der Waals surface area contributed by atoms with Crippen LogP contribution in [-0.2, 0) is 0 Å². The van der Waals surface area contributed by atoms with Crippen LogP contribution in [0.2, 0.25) is 0 Å². The predicted octanol–water partition coefficient (Wildman–Crippen LogP) is 1.63. The van der Waals surface area contributed by atoms with Crippen LogP contribution >= 0.6 is 0 Å². The zero-order valence-corrected chi connectivity index (χ0v) is 7.00. The van der Waals surface area contributed by atoms with Crippen LogP contribution in [0.4, 0.5) is 4.39 Å². The summed E-state index contributed by atoms with van der Waals surface area (Å²) in [7, 11) is 1.38. The van der Waals surface area contributed by atoms with Crippen molar-refractivity contribution in [3.8, 4) is 11.5 Å². The molecule has 0 N–H and O–H groups in total. The summed E-state index contributed by atoms with van der Waals surface area (Å²) in [6.07, 6.45) is 1.34. The average molecular weight is 171 g/mol. The van der Waals surface area contributed by atoms with E-state index in [-0.39, 0.29) is 5.75 Å². The van der Waals surface area contributed by atoms with Crippen molar-refractivity contribution < 1.29 is 13.9 Å². The standard InChI is InChI=1S/C8H10FNO2/c1-3-12-6-4-5-10-8(9)7(6)11-2/h4-5H,3H2,1-2H3. The Morgan fingerprint density at radius 3 is 2.92 bits per heavy atom. The van der Waals surface area contributed by atoms with E-state index in [4.69, 9.17) is 9.47 Å². The molecule has 0 aliphatic rings. The highest BCUT2D eigenvalue weighted by Crippen LogP contribution is 2.27. The van der Waals surface area contributed by atoms with Gasteiger partial charge in [0.2, 0.25) is 5.75 Å². The molecule has 0 fully saturated rings. The molecule has 0 amide bonds. The van der Waals surface area contributed by atoms with Crippen molar-refractivity contribution in [3.05, 3.63) is 18.2 Å². The highest BCUT2D eigenvalue weighted by Gasteiger charge is 2.09. The van der Waals surface area contributed by atoms with Gasteiger partial charge in [-0.05, 0) is 6.92 Å². The second-order valence-corrected chi connectivity index (χ2v) is 2.07. The molecule has 3 nitrogen and oxygen atoms in total. The minimum atomic E-state index is -0.650. The van der Waals surface area contributed by atoms with Gasteiger partial charge in [0.05, 0.1) is 13.7 Å². The van der Waals surface area contributed by atoms with E-state index in [0.29, 0.717) is 12.4 Å². The molecular weight excluding hydrogens is 161 g/mol. The van der Waals surface area contributed by atoms with Crippen molar-refractivity contribution in [1.82, 2.24) is 4.98 Å². The molecule has 0 unspecified atom stereocenters. The Morgan fingerprint density at radius 1 is 1.58 bits per heavy atom. The Bertz CT molecular complexity index is 265. The van der Waals surface area contributed by atoms with E-state index >= 15 is 0 Å². The fraction of sp³-hybridized carbons (Fsp3) is 0.375. The van der Waals surface area contributed by atoms with Gasteiger partial charge in [0.1, 0.15) is 0 Å². The third-order valence-corrected chi connectivity index (χ3v) is 1.33. The minimum Gasteiger partial charge on any atom is -0.490 e. The van der Waals surface area contributed by atoms with Gasteiger partial charge in [0, 0.05) is 12.3 Å². The molecule has 1 aromatic heterocycles. The van der Waals surface area contributed by atoms with Gasteiger partial charge in [-0.15, -0.1) is 0 Å². The largest absolute Gasteiger partial charge is 0.490 e. The zero-order chi connectivity index (χ0) is 8.97. The average Bonchev–Trinajstić information content (AvgIpc) is 2.05. The lowest BCUT2D eigenvalue weighted by molar-refractivity contribution is 0.298. The Balaban J connectivity index is 3.00. The molecule has 0 radical (unpaired) electrons. The lowest BCUT2D eigenvalue weighted by atomic mass is 10.4. The Kier molecular flexibility index (Phi) is 2.85. The number of aromatic nitrogens is 1. The first-order chi connectivity index (χ1) is 5.79. The number of halogens is 1. The maximum Gasteiger partial charge on any atom is 0.259 e. The molecule has 0 aliphatic carbocycles. The van der Waals surface area contributed by atoms with Gasteiger partial charge >= 0.3 is 0 Å². The van der Waals surface area contributed by atoms with E-state index in [1.54, 1.807) is 6.07 Å². The van der Waals surface area contributed by atoms with Crippen LogP contribution in [0.5, 0.6) is 11.5 Å². The van der Waals surface area contributed by atoms with Crippen molar-refractivity contribution in [1.29, 1.82) is 0 Å². The van der Waals surface area contributed by atoms with E-state index in [1.165, 1.54) is 13.3 Å². The van der Waals surface area contributed by atoms with Gasteiger partial charge < -0.3 is 9.47 Å². The Morgan fingerprint density at radius 2 is 2.33 bits per heavy atom. The number of nitrogens with zero attached hydrogens (tertiary/aromatic N) is 1. The molecule has 12 heavy (non-hydrogen) atoms. The number of hydrogen-bond donors (Lipinski definition) is 0. The Labute approximate surface area is 70.1 Å². The van der Waals surface area contributed by atoms with Crippen LogP contribution in [0.15, 0.2) is 12.3 Å². The summed E-state index contributed by atoms with van der Waals surface area (Å²) in [5.41, 5.74) is 0. The molecule has 4 heteroatoms. The van der Waals surface area contributed by atoms with Crippen LogP contribution in [0.25, 0.3) is 0 Å². The summed E-state index contributed by atoms with van der Waals surface area (Å²) >= 11 is 0. The maximum atomic E-state index is 12.9. The predicted molar refractivity (Wildman–Crippen MR) is 41.9 cm³/mol.